The monoisotopic (exact) mass is 346 g/mol. The lowest BCUT2D eigenvalue weighted by molar-refractivity contribution is 0.0487. The van der Waals surface area contributed by atoms with Crippen LogP contribution in [0.2, 0.25) is 0 Å². The summed E-state index contributed by atoms with van der Waals surface area (Å²) >= 11 is 0. The van der Waals surface area contributed by atoms with E-state index in [1.165, 1.54) is 58.2 Å². The van der Waals surface area contributed by atoms with Crippen LogP contribution in [0.3, 0.4) is 0 Å². The van der Waals surface area contributed by atoms with Crippen LogP contribution in [0, 0.1) is 5.92 Å². The number of piperidine rings is 1. The number of methoxy groups -OCH3 is 1. The van der Waals surface area contributed by atoms with E-state index in [4.69, 9.17) is 9.47 Å². The second-order valence-corrected chi connectivity index (χ2v) is 7.64. The van der Waals surface area contributed by atoms with E-state index in [-0.39, 0.29) is 0 Å². The Morgan fingerprint density at radius 3 is 2.48 bits per heavy atom. The van der Waals surface area contributed by atoms with Gasteiger partial charge in [-0.25, -0.2) is 9.97 Å². The van der Waals surface area contributed by atoms with Crippen LogP contribution < -0.4 is 9.64 Å². The number of nitrogens with zero attached hydrogens (tertiary/aromatic N) is 4. The maximum absolute atomic E-state index is 5.49. The van der Waals surface area contributed by atoms with Crippen LogP contribution in [0.5, 0.6) is 5.88 Å². The molecule has 0 amide bonds. The van der Waals surface area contributed by atoms with Gasteiger partial charge in [-0.3, -0.25) is 0 Å². The molecule has 0 bridgehead atoms. The minimum atomic E-state index is 0.595. The third kappa shape index (κ3) is 4.23. The maximum Gasteiger partial charge on any atom is 0.218 e. The summed E-state index contributed by atoms with van der Waals surface area (Å²) in [5, 5.41) is 0. The van der Waals surface area contributed by atoms with Crippen LogP contribution in [-0.2, 0) is 4.74 Å². The van der Waals surface area contributed by atoms with E-state index < -0.39 is 0 Å². The normalized spacial score (nSPS) is 23.6. The van der Waals surface area contributed by atoms with Crippen LogP contribution in [0.15, 0.2) is 12.4 Å². The summed E-state index contributed by atoms with van der Waals surface area (Å²) in [6.07, 6.45) is 9.12. The van der Waals surface area contributed by atoms with Crippen LogP contribution in [-0.4, -0.2) is 66.9 Å². The Balaban J connectivity index is 1.36. The van der Waals surface area contributed by atoms with Crippen LogP contribution >= 0.6 is 0 Å². The van der Waals surface area contributed by atoms with E-state index in [1.807, 2.05) is 6.07 Å². The minimum Gasteiger partial charge on any atom is -0.481 e. The fourth-order valence-electron chi connectivity index (χ4n) is 4.28. The van der Waals surface area contributed by atoms with Gasteiger partial charge in [-0.15, -0.1) is 0 Å². The third-order valence-corrected chi connectivity index (χ3v) is 5.85. The molecule has 3 fully saturated rings. The first kappa shape index (κ1) is 17.0. The largest absolute Gasteiger partial charge is 0.481 e. The molecule has 0 aromatic carbocycles. The quantitative estimate of drug-likeness (QED) is 0.788. The highest BCUT2D eigenvalue weighted by Gasteiger charge is 2.36. The van der Waals surface area contributed by atoms with E-state index in [0.717, 1.165) is 24.9 Å². The minimum absolute atomic E-state index is 0.595. The van der Waals surface area contributed by atoms with Gasteiger partial charge in [-0.2, -0.15) is 0 Å². The molecule has 1 aromatic rings. The van der Waals surface area contributed by atoms with Crippen molar-refractivity contribution in [3.8, 4) is 5.88 Å². The molecular weight excluding hydrogens is 316 g/mol. The highest BCUT2D eigenvalue weighted by molar-refractivity contribution is 5.45. The molecule has 2 saturated heterocycles. The molecule has 0 unspecified atom stereocenters. The van der Waals surface area contributed by atoms with Crippen molar-refractivity contribution in [1.82, 2.24) is 14.9 Å². The molecule has 3 aliphatic rings. The van der Waals surface area contributed by atoms with Crippen molar-refractivity contribution in [2.24, 2.45) is 5.92 Å². The molecular formula is C19H30N4O2. The van der Waals surface area contributed by atoms with E-state index in [9.17, 15) is 0 Å². The number of hydrogen-bond acceptors (Lipinski definition) is 6. The molecule has 1 aromatic heterocycles. The van der Waals surface area contributed by atoms with Gasteiger partial charge < -0.3 is 19.3 Å². The molecule has 0 radical (unpaired) electrons. The Bertz CT molecular complexity index is 552. The Kier molecular flexibility index (Phi) is 5.36. The maximum atomic E-state index is 5.49. The smallest absolute Gasteiger partial charge is 0.218 e. The third-order valence-electron chi connectivity index (χ3n) is 5.85. The first-order valence-electron chi connectivity index (χ1n) is 9.78. The summed E-state index contributed by atoms with van der Waals surface area (Å²) in [4.78, 5) is 13.9. The Morgan fingerprint density at radius 2 is 1.80 bits per heavy atom. The fraction of sp³-hybridized carbons (Fsp3) is 0.789. The number of hydrogen-bond donors (Lipinski definition) is 0. The molecule has 4 rings (SSSR count). The number of rotatable bonds is 6. The molecule has 1 saturated carbocycles. The zero-order chi connectivity index (χ0) is 17.1. The SMILES string of the molecule is COc1cc(N(C2CC2)C2CCN(CC3CCOCC3)CC2)ncn1. The molecule has 138 valence electrons. The predicted octanol–water partition coefficient (Wildman–Crippen LogP) is 2.34. The second kappa shape index (κ2) is 7.87. The molecule has 0 spiro atoms. The average molecular weight is 346 g/mol. The van der Waals surface area contributed by atoms with Crippen molar-refractivity contribution in [3.63, 3.8) is 0 Å². The van der Waals surface area contributed by atoms with Crippen molar-refractivity contribution in [2.75, 3.05) is 44.9 Å². The van der Waals surface area contributed by atoms with Crippen molar-refractivity contribution >= 4 is 5.82 Å². The summed E-state index contributed by atoms with van der Waals surface area (Å²) in [6, 6.07) is 3.25. The van der Waals surface area contributed by atoms with E-state index >= 15 is 0 Å². The van der Waals surface area contributed by atoms with Gasteiger partial charge in [-0.1, -0.05) is 0 Å². The lowest BCUT2D eigenvalue weighted by atomic mass is 9.97. The molecule has 1 aliphatic carbocycles. The van der Waals surface area contributed by atoms with Gasteiger partial charge in [0.05, 0.1) is 7.11 Å². The Labute approximate surface area is 150 Å². The van der Waals surface area contributed by atoms with E-state index in [2.05, 4.69) is 19.8 Å². The Hall–Kier alpha value is -1.40. The summed E-state index contributed by atoms with van der Waals surface area (Å²) in [6.45, 7) is 5.56. The average Bonchev–Trinajstić information content (AvgIpc) is 3.49. The predicted molar refractivity (Wildman–Crippen MR) is 97.1 cm³/mol. The lowest BCUT2D eigenvalue weighted by Gasteiger charge is -2.40. The lowest BCUT2D eigenvalue weighted by Crippen LogP contribution is -2.47. The van der Waals surface area contributed by atoms with E-state index in [0.29, 0.717) is 18.0 Å². The highest BCUT2D eigenvalue weighted by Crippen LogP contribution is 2.36. The Morgan fingerprint density at radius 1 is 1.08 bits per heavy atom. The molecule has 6 heteroatoms. The molecule has 0 atom stereocenters. The first-order valence-corrected chi connectivity index (χ1v) is 9.78. The molecule has 0 N–H and O–H groups in total. The molecule has 2 aliphatic heterocycles. The van der Waals surface area contributed by atoms with Gasteiger partial charge in [-0.05, 0) is 44.4 Å². The van der Waals surface area contributed by atoms with Gasteiger partial charge in [0.2, 0.25) is 5.88 Å². The zero-order valence-electron chi connectivity index (χ0n) is 15.3. The van der Waals surface area contributed by atoms with Crippen LogP contribution in [0.1, 0.15) is 38.5 Å². The summed E-state index contributed by atoms with van der Waals surface area (Å²) in [5.41, 5.74) is 0. The van der Waals surface area contributed by atoms with Crippen LogP contribution in [0.25, 0.3) is 0 Å². The number of anilines is 1. The summed E-state index contributed by atoms with van der Waals surface area (Å²) in [5.74, 6) is 2.53. The van der Waals surface area contributed by atoms with Crippen molar-refractivity contribution in [3.05, 3.63) is 12.4 Å². The van der Waals surface area contributed by atoms with Crippen molar-refractivity contribution in [1.29, 1.82) is 0 Å². The van der Waals surface area contributed by atoms with Gasteiger partial charge in [0, 0.05) is 51.0 Å². The second-order valence-electron chi connectivity index (χ2n) is 7.64. The van der Waals surface area contributed by atoms with Crippen LogP contribution in [0.4, 0.5) is 5.82 Å². The molecule has 3 heterocycles. The summed E-state index contributed by atoms with van der Waals surface area (Å²) in [7, 11) is 1.67. The number of ether oxygens (including phenoxy) is 2. The van der Waals surface area contributed by atoms with Gasteiger partial charge >= 0.3 is 0 Å². The molecule has 6 nitrogen and oxygen atoms in total. The van der Waals surface area contributed by atoms with Gasteiger partial charge in [0.25, 0.3) is 0 Å². The first-order chi connectivity index (χ1) is 12.3. The van der Waals surface area contributed by atoms with Gasteiger partial charge in [0.15, 0.2) is 0 Å². The topological polar surface area (TPSA) is 50.7 Å². The standard InChI is InChI=1S/C19H30N4O2/c1-24-19-12-18(20-14-21-19)23(16-2-3-16)17-4-8-22(9-5-17)13-15-6-10-25-11-7-15/h12,14-17H,2-11,13H2,1H3. The molecule has 25 heavy (non-hydrogen) atoms. The van der Waals surface area contributed by atoms with Gasteiger partial charge in [0.1, 0.15) is 12.1 Å². The van der Waals surface area contributed by atoms with Crippen molar-refractivity contribution in [2.45, 2.75) is 50.6 Å². The fourth-order valence-corrected chi connectivity index (χ4v) is 4.28. The van der Waals surface area contributed by atoms with Crippen molar-refractivity contribution < 1.29 is 9.47 Å². The summed E-state index contributed by atoms with van der Waals surface area (Å²) < 4.78 is 10.8. The zero-order valence-corrected chi connectivity index (χ0v) is 15.3. The highest BCUT2D eigenvalue weighted by atomic mass is 16.5. The number of likely N-dealkylation sites (tertiary alicyclic amines) is 1. The van der Waals surface area contributed by atoms with E-state index in [1.54, 1.807) is 13.4 Å². The number of aromatic nitrogens is 2.